The number of nitrogens with zero attached hydrogens (tertiary/aromatic N) is 4. The highest BCUT2D eigenvalue weighted by molar-refractivity contribution is 6.30. The van der Waals surface area contributed by atoms with Crippen molar-refractivity contribution in [1.29, 1.82) is 0 Å². The van der Waals surface area contributed by atoms with E-state index in [1.54, 1.807) is 12.1 Å². The molecule has 0 amide bonds. The average Bonchev–Trinajstić information content (AvgIpc) is 3.18. The molecule has 3 N–H and O–H groups in total. The van der Waals surface area contributed by atoms with Crippen molar-refractivity contribution < 1.29 is 4.74 Å². The maximum Gasteiger partial charge on any atom is 0.164 e. The lowest BCUT2D eigenvalue weighted by Gasteiger charge is -2.23. The summed E-state index contributed by atoms with van der Waals surface area (Å²) in [6.45, 7) is 1.91. The molecule has 2 aromatic carbocycles. The Hall–Kier alpha value is -2.87. The first-order valence-corrected chi connectivity index (χ1v) is 10.3. The number of anilines is 1. The van der Waals surface area contributed by atoms with Crippen LogP contribution in [0, 0.1) is 0 Å². The maximum atomic E-state index is 6.23. The van der Waals surface area contributed by atoms with Crippen LogP contribution in [0.1, 0.15) is 18.9 Å². The van der Waals surface area contributed by atoms with Crippen LogP contribution in [0.5, 0.6) is 11.5 Å². The average molecular weight is 457 g/mol. The number of hydrogen-bond acceptors (Lipinski definition) is 6. The molecule has 5 rings (SSSR count). The fourth-order valence-corrected chi connectivity index (χ4v) is 3.94. The molecule has 0 bridgehead atoms. The molecule has 0 saturated carbocycles. The van der Waals surface area contributed by atoms with Gasteiger partial charge < -0.3 is 15.8 Å². The van der Waals surface area contributed by atoms with Crippen LogP contribution in [0.25, 0.3) is 22.3 Å². The van der Waals surface area contributed by atoms with E-state index in [4.69, 9.17) is 27.2 Å². The molecule has 0 radical (unpaired) electrons. The van der Waals surface area contributed by atoms with Gasteiger partial charge in [0.1, 0.15) is 29.3 Å². The molecule has 3 heterocycles. The number of rotatable bonds is 4. The second-order valence-electron chi connectivity index (χ2n) is 7.33. The van der Waals surface area contributed by atoms with Crippen LogP contribution >= 0.6 is 24.0 Å². The first-order chi connectivity index (χ1) is 14.7. The summed E-state index contributed by atoms with van der Waals surface area (Å²) >= 11 is 5.93. The highest BCUT2D eigenvalue weighted by atomic mass is 35.5. The fourth-order valence-electron chi connectivity index (χ4n) is 3.81. The van der Waals surface area contributed by atoms with Gasteiger partial charge in [0.05, 0.1) is 11.4 Å². The van der Waals surface area contributed by atoms with Gasteiger partial charge in [0.15, 0.2) is 5.65 Å². The lowest BCUT2D eigenvalue weighted by atomic mass is 10.1. The van der Waals surface area contributed by atoms with Gasteiger partial charge in [-0.25, -0.2) is 14.6 Å². The Labute approximate surface area is 191 Å². The molecule has 1 aliphatic heterocycles. The highest BCUT2D eigenvalue weighted by Crippen LogP contribution is 2.34. The van der Waals surface area contributed by atoms with Crippen molar-refractivity contribution in [1.82, 2.24) is 25.1 Å². The van der Waals surface area contributed by atoms with Gasteiger partial charge in [0, 0.05) is 17.1 Å². The molecule has 4 aromatic rings. The number of piperidine rings is 1. The van der Waals surface area contributed by atoms with E-state index < -0.39 is 0 Å². The van der Waals surface area contributed by atoms with Gasteiger partial charge in [-0.2, -0.15) is 5.10 Å². The molecule has 1 atom stereocenters. The van der Waals surface area contributed by atoms with Gasteiger partial charge in [0.2, 0.25) is 0 Å². The van der Waals surface area contributed by atoms with Crippen molar-refractivity contribution in [3.8, 4) is 22.8 Å². The van der Waals surface area contributed by atoms with Crippen LogP contribution in [-0.4, -0.2) is 32.8 Å². The highest BCUT2D eigenvalue weighted by Gasteiger charge is 2.23. The molecule has 1 saturated heterocycles. The number of nitrogens with one attached hydrogen (secondary N) is 1. The largest absolute Gasteiger partial charge is 0.457 e. The first kappa shape index (κ1) is 21.4. The molecule has 31 heavy (non-hydrogen) atoms. The number of nitrogens with two attached hydrogens (primary N) is 1. The maximum absolute atomic E-state index is 6.23. The summed E-state index contributed by atoms with van der Waals surface area (Å²) in [4.78, 5) is 8.68. The second-order valence-corrected chi connectivity index (χ2v) is 7.77. The summed E-state index contributed by atoms with van der Waals surface area (Å²) in [6, 6.07) is 15.3. The third-order valence-electron chi connectivity index (χ3n) is 5.31. The van der Waals surface area contributed by atoms with Crippen molar-refractivity contribution in [2.24, 2.45) is 0 Å². The minimum absolute atomic E-state index is 0. The van der Waals surface area contributed by atoms with E-state index in [1.165, 1.54) is 6.33 Å². The zero-order valence-electron chi connectivity index (χ0n) is 16.7. The summed E-state index contributed by atoms with van der Waals surface area (Å²) in [5, 5.41) is 9.80. The summed E-state index contributed by atoms with van der Waals surface area (Å²) in [6.07, 6.45) is 3.67. The Morgan fingerprint density at radius 1 is 1.03 bits per heavy atom. The molecule has 0 aliphatic carbocycles. The van der Waals surface area contributed by atoms with Crippen LogP contribution in [-0.2, 0) is 0 Å². The Bertz CT molecular complexity index is 1170. The molecule has 1 fully saturated rings. The van der Waals surface area contributed by atoms with Crippen molar-refractivity contribution in [3.63, 3.8) is 0 Å². The fraction of sp³-hybridized carbons (Fsp3) is 0.227. The normalized spacial score (nSPS) is 16.1. The predicted octanol–water partition coefficient (Wildman–Crippen LogP) is 4.87. The van der Waals surface area contributed by atoms with E-state index in [0.29, 0.717) is 10.8 Å². The Kier molecular flexibility index (Phi) is 6.27. The minimum Gasteiger partial charge on any atom is -0.457 e. The van der Waals surface area contributed by atoms with Gasteiger partial charge in [-0.3, -0.25) is 0 Å². The van der Waals surface area contributed by atoms with Crippen molar-refractivity contribution >= 4 is 40.9 Å². The van der Waals surface area contributed by atoms with Crippen LogP contribution in [0.15, 0.2) is 54.9 Å². The number of nitrogen functional groups attached to an aromatic ring is 1. The first-order valence-electron chi connectivity index (χ1n) is 9.92. The lowest BCUT2D eigenvalue weighted by Crippen LogP contribution is -2.32. The van der Waals surface area contributed by atoms with E-state index in [2.05, 4.69) is 15.3 Å². The molecule has 1 aliphatic rings. The van der Waals surface area contributed by atoms with Crippen molar-refractivity contribution in [3.05, 3.63) is 59.9 Å². The van der Waals surface area contributed by atoms with Crippen LogP contribution in [0.2, 0.25) is 5.02 Å². The number of aromatic nitrogens is 4. The van der Waals surface area contributed by atoms with Crippen LogP contribution in [0.3, 0.4) is 0 Å². The van der Waals surface area contributed by atoms with Gasteiger partial charge in [-0.1, -0.05) is 11.6 Å². The summed E-state index contributed by atoms with van der Waals surface area (Å²) in [5.41, 5.74) is 8.72. The van der Waals surface area contributed by atoms with Gasteiger partial charge in [-0.15, -0.1) is 12.4 Å². The van der Waals surface area contributed by atoms with E-state index in [1.807, 2.05) is 41.1 Å². The van der Waals surface area contributed by atoms with Gasteiger partial charge in [0.25, 0.3) is 0 Å². The molecular formula is C22H22Cl2N6O. The minimum atomic E-state index is 0. The summed E-state index contributed by atoms with van der Waals surface area (Å²) in [5.74, 6) is 1.89. The number of benzene rings is 2. The molecule has 160 valence electrons. The SMILES string of the molecule is Cl.Nc1ncnc2c1c(-c1ccc(Oc3ccc(Cl)cc3)cc1)nn2C1CCCNC1. The summed E-state index contributed by atoms with van der Waals surface area (Å²) < 4.78 is 7.89. The Balaban J connectivity index is 0.00000231. The van der Waals surface area contributed by atoms with Gasteiger partial charge >= 0.3 is 0 Å². The quantitative estimate of drug-likeness (QED) is 0.455. The smallest absolute Gasteiger partial charge is 0.164 e. The molecule has 2 aromatic heterocycles. The third kappa shape index (κ3) is 4.30. The Morgan fingerprint density at radius 2 is 1.74 bits per heavy atom. The third-order valence-corrected chi connectivity index (χ3v) is 5.56. The number of fused-ring (bicyclic) bond motifs is 1. The van der Waals surface area contributed by atoms with Crippen molar-refractivity contribution in [2.75, 3.05) is 18.8 Å². The number of ether oxygens (including phenoxy) is 1. The molecule has 0 spiro atoms. The van der Waals surface area contributed by atoms with Crippen LogP contribution in [0.4, 0.5) is 5.82 Å². The van der Waals surface area contributed by atoms with E-state index >= 15 is 0 Å². The monoisotopic (exact) mass is 456 g/mol. The molecule has 1 unspecified atom stereocenters. The second kappa shape index (κ2) is 9.09. The molecular weight excluding hydrogens is 435 g/mol. The standard InChI is InChI=1S/C22H21ClN6O.ClH/c23-15-5-9-18(10-6-15)30-17-7-3-14(4-8-17)20-19-21(24)26-13-27-22(19)29(28-20)16-2-1-11-25-12-16;/h3-10,13,16,25H,1-2,11-12H2,(H2,24,26,27);1H. The van der Waals surface area contributed by atoms with E-state index in [-0.39, 0.29) is 18.4 Å². The van der Waals surface area contributed by atoms with E-state index in [9.17, 15) is 0 Å². The topological polar surface area (TPSA) is 90.9 Å². The lowest BCUT2D eigenvalue weighted by molar-refractivity contribution is 0.354. The van der Waals surface area contributed by atoms with E-state index in [0.717, 1.165) is 59.7 Å². The zero-order valence-corrected chi connectivity index (χ0v) is 18.2. The number of hydrogen-bond donors (Lipinski definition) is 2. The number of halogens is 2. The molecule has 7 nitrogen and oxygen atoms in total. The zero-order chi connectivity index (χ0) is 20.5. The summed E-state index contributed by atoms with van der Waals surface area (Å²) in [7, 11) is 0. The predicted molar refractivity (Wildman–Crippen MR) is 125 cm³/mol. The van der Waals surface area contributed by atoms with Gasteiger partial charge in [-0.05, 0) is 67.9 Å². The van der Waals surface area contributed by atoms with Crippen molar-refractivity contribution in [2.45, 2.75) is 18.9 Å². The Morgan fingerprint density at radius 3 is 2.42 bits per heavy atom. The molecule has 9 heteroatoms. The van der Waals surface area contributed by atoms with Crippen LogP contribution < -0.4 is 15.8 Å².